The zero-order valence-electron chi connectivity index (χ0n) is 7.54. The fourth-order valence-electron chi connectivity index (χ4n) is 0.604. The van der Waals surface area contributed by atoms with Gasteiger partial charge in [0.15, 0.2) is 0 Å². The highest BCUT2D eigenvalue weighted by molar-refractivity contribution is 5.25. The van der Waals surface area contributed by atoms with E-state index in [0.717, 1.165) is 19.3 Å². The quantitative estimate of drug-likeness (QED) is 0.426. The summed E-state index contributed by atoms with van der Waals surface area (Å²) in [6, 6.07) is 0. The zero-order chi connectivity index (χ0) is 8.36. The van der Waals surface area contributed by atoms with Crippen LogP contribution in [0.4, 0.5) is 0 Å². The average molecular weight is 212 g/mol. The van der Waals surface area contributed by atoms with Crippen LogP contribution >= 0.6 is 0 Å². The first-order valence-corrected chi connectivity index (χ1v) is 4.37. The van der Waals surface area contributed by atoms with E-state index >= 15 is 0 Å². The number of rotatable bonds is 3. The highest BCUT2D eigenvalue weighted by Crippen LogP contribution is 1.89. The van der Waals surface area contributed by atoms with Crippen LogP contribution in [0.2, 0.25) is 0 Å². The molecule has 0 aliphatic carbocycles. The van der Waals surface area contributed by atoms with Crippen LogP contribution in [0.25, 0.3) is 0 Å². The maximum absolute atomic E-state index is 3.02. The van der Waals surface area contributed by atoms with E-state index in [4.69, 9.17) is 0 Å². The number of hydrogen-bond donors (Lipinski definition) is 0. The minimum atomic E-state index is 0. The summed E-state index contributed by atoms with van der Waals surface area (Å²) in [5, 5.41) is 0. The second kappa shape index (κ2) is 29.2. The van der Waals surface area contributed by atoms with Crippen molar-refractivity contribution in [2.24, 2.45) is 0 Å². The molecule has 0 heterocycles. The van der Waals surface area contributed by atoms with E-state index in [-0.39, 0.29) is 29.7 Å². The Morgan fingerprint density at radius 1 is 0.667 bits per heavy atom. The van der Waals surface area contributed by atoms with Crippen molar-refractivity contribution in [3.8, 4) is 23.7 Å². The molecule has 0 aromatic heterocycles. The van der Waals surface area contributed by atoms with Gasteiger partial charge in [0.25, 0.3) is 0 Å². The molecule has 0 aromatic carbocycles. The van der Waals surface area contributed by atoms with E-state index in [2.05, 4.69) is 37.5 Å². The Hall–Kier alpha value is -0.880. The standard InChI is InChI=1S/C11H16.4CH4/c1-3-5-7-9-11-10-8-6-4-2;;;;/h3-7H2,1-2H3;4*1H4. The van der Waals surface area contributed by atoms with Gasteiger partial charge < -0.3 is 0 Å². The van der Waals surface area contributed by atoms with Crippen molar-refractivity contribution in [1.82, 2.24) is 0 Å². The monoisotopic (exact) mass is 212 g/mol. The second-order valence-electron chi connectivity index (χ2n) is 2.46. The van der Waals surface area contributed by atoms with E-state index < -0.39 is 0 Å². The first-order valence-electron chi connectivity index (χ1n) is 4.37. The molecule has 0 N–H and O–H groups in total. The van der Waals surface area contributed by atoms with Crippen LogP contribution in [0.1, 0.15) is 75.7 Å². The Morgan fingerprint density at radius 3 is 1.53 bits per heavy atom. The number of hydrogen-bond acceptors (Lipinski definition) is 0. The molecule has 15 heavy (non-hydrogen) atoms. The van der Waals surface area contributed by atoms with E-state index in [1.54, 1.807) is 0 Å². The summed E-state index contributed by atoms with van der Waals surface area (Å²) in [4.78, 5) is 0. The predicted octanol–water partition coefficient (Wildman–Crippen LogP) is 5.53. The summed E-state index contributed by atoms with van der Waals surface area (Å²) >= 11 is 0. The summed E-state index contributed by atoms with van der Waals surface area (Å²) in [5.74, 6) is 11.7. The van der Waals surface area contributed by atoms with Crippen molar-refractivity contribution in [2.75, 3.05) is 0 Å². The van der Waals surface area contributed by atoms with Gasteiger partial charge in [0.2, 0.25) is 0 Å². The van der Waals surface area contributed by atoms with Crippen LogP contribution in [-0.4, -0.2) is 0 Å². The van der Waals surface area contributed by atoms with E-state index in [0.29, 0.717) is 0 Å². The lowest BCUT2D eigenvalue weighted by Gasteiger charge is -1.80. The normalized spacial score (nSPS) is 5.47. The van der Waals surface area contributed by atoms with Crippen molar-refractivity contribution in [3.05, 3.63) is 0 Å². The van der Waals surface area contributed by atoms with Gasteiger partial charge in [-0.2, -0.15) is 0 Å². The van der Waals surface area contributed by atoms with Gasteiger partial charge >= 0.3 is 0 Å². The molecule has 0 unspecified atom stereocenters. The van der Waals surface area contributed by atoms with Gasteiger partial charge in [-0.25, -0.2) is 0 Å². The third-order valence-corrected chi connectivity index (χ3v) is 1.27. The van der Waals surface area contributed by atoms with Crippen molar-refractivity contribution in [1.29, 1.82) is 0 Å². The van der Waals surface area contributed by atoms with Crippen molar-refractivity contribution in [3.63, 3.8) is 0 Å². The molecular weight excluding hydrogens is 180 g/mol. The zero-order valence-corrected chi connectivity index (χ0v) is 7.54. The van der Waals surface area contributed by atoms with Crippen LogP contribution < -0.4 is 0 Å². The molecule has 0 amide bonds. The lowest BCUT2D eigenvalue weighted by molar-refractivity contribution is 0.828. The maximum atomic E-state index is 3.02. The first kappa shape index (κ1) is 29.2. The average Bonchev–Trinajstić information content (AvgIpc) is 2.03. The molecular formula is C15H32. The lowest BCUT2D eigenvalue weighted by Crippen LogP contribution is -1.66. The molecule has 0 aliphatic rings. The fraction of sp³-hybridized carbons (Fsp3) is 0.733. The second-order valence-corrected chi connectivity index (χ2v) is 2.46. The molecule has 0 spiro atoms. The molecule has 0 bridgehead atoms. The first-order chi connectivity index (χ1) is 5.41. The lowest BCUT2D eigenvalue weighted by atomic mass is 10.2. The Labute approximate surface area is 99.9 Å². The van der Waals surface area contributed by atoms with Gasteiger partial charge in [-0.3, -0.25) is 0 Å². The summed E-state index contributed by atoms with van der Waals surface area (Å²) in [5.41, 5.74) is 0. The molecule has 0 heteroatoms. The smallest absolute Gasteiger partial charge is 0.00988 e. The van der Waals surface area contributed by atoms with Crippen LogP contribution in [-0.2, 0) is 0 Å². The summed E-state index contributed by atoms with van der Waals surface area (Å²) < 4.78 is 0. The van der Waals surface area contributed by atoms with Gasteiger partial charge in [-0.1, -0.05) is 61.8 Å². The van der Waals surface area contributed by atoms with E-state index in [1.165, 1.54) is 12.8 Å². The molecule has 0 radical (unpaired) electrons. The SMILES string of the molecule is C.C.C.C.CCCC#CC#CCCCC. The summed E-state index contributed by atoms with van der Waals surface area (Å²) in [6.45, 7) is 4.30. The van der Waals surface area contributed by atoms with Gasteiger partial charge in [0.05, 0.1) is 0 Å². The van der Waals surface area contributed by atoms with Gasteiger partial charge in [0, 0.05) is 12.8 Å². The third-order valence-electron chi connectivity index (χ3n) is 1.27. The molecule has 0 fully saturated rings. The van der Waals surface area contributed by atoms with Crippen LogP contribution in [0, 0.1) is 23.7 Å². The molecule has 0 atom stereocenters. The molecule has 0 aliphatic heterocycles. The number of unbranched alkanes of at least 4 members (excludes halogenated alkanes) is 3. The topological polar surface area (TPSA) is 0 Å². The van der Waals surface area contributed by atoms with Gasteiger partial charge in [-0.15, -0.1) is 0 Å². The Kier molecular flexibility index (Phi) is 56.9. The third kappa shape index (κ3) is 32.0. The Balaban J connectivity index is -0.0000000833. The fourth-order valence-corrected chi connectivity index (χ4v) is 0.604. The molecule has 0 nitrogen and oxygen atoms in total. The molecule has 0 rings (SSSR count). The molecule has 0 saturated carbocycles. The van der Waals surface area contributed by atoms with E-state index in [9.17, 15) is 0 Å². The maximum Gasteiger partial charge on any atom is 0.00988 e. The van der Waals surface area contributed by atoms with Crippen molar-refractivity contribution >= 4 is 0 Å². The van der Waals surface area contributed by atoms with Crippen LogP contribution in [0.3, 0.4) is 0 Å². The van der Waals surface area contributed by atoms with Crippen molar-refractivity contribution in [2.45, 2.75) is 75.7 Å². The minimum Gasteiger partial charge on any atom is -0.0891 e. The van der Waals surface area contributed by atoms with Gasteiger partial charge in [0.1, 0.15) is 0 Å². The van der Waals surface area contributed by atoms with Crippen LogP contribution in [0.15, 0.2) is 0 Å². The highest BCUT2D eigenvalue weighted by Gasteiger charge is 1.74. The minimum absolute atomic E-state index is 0. The Bertz CT molecular complexity index is 180. The predicted molar refractivity (Wildman–Crippen MR) is 76.9 cm³/mol. The largest absolute Gasteiger partial charge is 0.0891 e. The summed E-state index contributed by atoms with van der Waals surface area (Å²) in [6.07, 6.45) is 5.52. The Morgan fingerprint density at radius 2 is 1.13 bits per heavy atom. The van der Waals surface area contributed by atoms with Gasteiger partial charge in [-0.05, 0) is 24.7 Å². The van der Waals surface area contributed by atoms with Crippen molar-refractivity contribution < 1.29 is 0 Å². The van der Waals surface area contributed by atoms with E-state index in [1.807, 2.05) is 0 Å². The highest BCUT2D eigenvalue weighted by atomic mass is 13.8. The molecule has 0 aromatic rings. The van der Waals surface area contributed by atoms with Crippen LogP contribution in [0.5, 0.6) is 0 Å². The summed E-state index contributed by atoms with van der Waals surface area (Å²) in [7, 11) is 0. The molecule has 92 valence electrons. The molecule has 0 saturated heterocycles.